The molecule has 1 fully saturated rings. The number of sulfonamides is 1. The van der Waals surface area contributed by atoms with Crippen molar-refractivity contribution in [3.05, 3.63) is 29.8 Å². The SMILES string of the molecule is CCC1COCCN1S(=O)(=O)c1ccccc1C#N. The van der Waals surface area contributed by atoms with E-state index < -0.39 is 10.0 Å². The second-order valence-corrected chi connectivity index (χ2v) is 6.22. The van der Waals surface area contributed by atoms with Crippen molar-refractivity contribution in [2.75, 3.05) is 19.8 Å². The summed E-state index contributed by atoms with van der Waals surface area (Å²) in [6.45, 7) is 3.06. The minimum absolute atomic E-state index is 0.0813. The highest BCUT2D eigenvalue weighted by Gasteiger charge is 2.34. The molecule has 0 aromatic heterocycles. The molecule has 0 N–H and O–H groups in total. The summed E-state index contributed by atoms with van der Waals surface area (Å²) in [6, 6.07) is 8.07. The van der Waals surface area contributed by atoms with Crippen molar-refractivity contribution in [3.8, 4) is 6.07 Å². The maximum atomic E-state index is 12.7. The van der Waals surface area contributed by atoms with Crippen molar-refractivity contribution in [1.82, 2.24) is 4.31 Å². The lowest BCUT2D eigenvalue weighted by atomic mass is 10.2. The summed E-state index contributed by atoms with van der Waals surface area (Å²) in [5.41, 5.74) is 0.184. The molecule has 2 rings (SSSR count). The van der Waals surface area contributed by atoms with Crippen LogP contribution in [-0.4, -0.2) is 38.5 Å². The second kappa shape index (κ2) is 5.70. The smallest absolute Gasteiger partial charge is 0.244 e. The summed E-state index contributed by atoms with van der Waals surface area (Å²) in [7, 11) is -3.64. The topological polar surface area (TPSA) is 70.4 Å². The van der Waals surface area contributed by atoms with Gasteiger partial charge in [-0.15, -0.1) is 0 Å². The van der Waals surface area contributed by atoms with Crippen LogP contribution >= 0.6 is 0 Å². The van der Waals surface area contributed by atoms with E-state index in [2.05, 4.69) is 0 Å². The molecule has 0 amide bonds. The zero-order chi connectivity index (χ0) is 13.9. The van der Waals surface area contributed by atoms with Crippen molar-refractivity contribution in [3.63, 3.8) is 0 Å². The number of ether oxygens (including phenoxy) is 1. The van der Waals surface area contributed by atoms with E-state index in [-0.39, 0.29) is 16.5 Å². The molecular weight excluding hydrogens is 264 g/mol. The number of morpholine rings is 1. The number of hydrogen-bond acceptors (Lipinski definition) is 4. The maximum Gasteiger partial charge on any atom is 0.244 e. The minimum atomic E-state index is -3.64. The third-order valence-corrected chi connectivity index (χ3v) is 5.25. The van der Waals surface area contributed by atoms with Gasteiger partial charge < -0.3 is 4.74 Å². The van der Waals surface area contributed by atoms with Crippen LogP contribution in [0.3, 0.4) is 0 Å². The molecule has 0 aliphatic carbocycles. The Kier molecular flexibility index (Phi) is 4.20. The van der Waals surface area contributed by atoms with Gasteiger partial charge in [0.2, 0.25) is 10.0 Å². The van der Waals surface area contributed by atoms with Gasteiger partial charge >= 0.3 is 0 Å². The average Bonchev–Trinajstić information content (AvgIpc) is 2.47. The van der Waals surface area contributed by atoms with Gasteiger partial charge in [0.25, 0.3) is 0 Å². The molecule has 1 aliphatic rings. The Labute approximate surface area is 113 Å². The molecule has 1 aromatic rings. The van der Waals surface area contributed by atoms with Gasteiger partial charge in [0.05, 0.1) is 23.7 Å². The van der Waals surface area contributed by atoms with Gasteiger partial charge in [0.1, 0.15) is 6.07 Å². The summed E-state index contributed by atoms with van der Waals surface area (Å²) in [5, 5.41) is 9.05. The van der Waals surface area contributed by atoms with Gasteiger partial charge in [-0.25, -0.2) is 8.42 Å². The van der Waals surface area contributed by atoms with Crippen LogP contribution in [0.15, 0.2) is 29.2 Å². The van der Waals surface area contributed by atoms with Gasteiger partial charge in [-0.1, -0.05) is 19.1 Å². The molecule has 0 bridgehead atoms. The van der Waals surface area contributed by atoms with Crippen LogP contribution in [0, 0.1) is 11.3 Å². The number of hydrogen-bond donors (Lipinski definition) is 0. The molecule has 102 valence electrons. The van der Waals surface area contributed by atoms with Crippen LogP contribution in [0.25, 0.3) is 0 Å². The average molecular weight is 280 g/mol. The Morgan fingerprint density at radius 2 is 2.21 bits per heavy atom. The van der Waals surface area contributed by atoms with Gasteiger partial charge in [-0.2, -0.15) is 9.57 Å². The van der Waals surface area contributed by atoms with Crippen LogP contribution in [0.5, 0.6) is 0 Å². The first-order chi connectivity index (χ1) is 9.11. The van der Waals surface area contributed by atoms with Crippen molar-refractivity contribution < 1.29 is 13.2 Å². The van der Waals surface area contributed by atoms with Crippen LogP contribution < -0.4 is 0 Å². The first kappa shape index (κ1) is 14.0. The third-order valence-electron chi connectivity index (χ3n) is 3.24. The van der Waals surface area contributed by atoms with Crippen LogP contribution in [0.2, 0.25) is 0 Å². The molecule has 0 saturated carbocycles. The van der Waals surface area contributed by atoms with Crippen LogP contribution in [-0.2, 0) is 14.8 Å². The molecule has 5 nitrogen and oxygen atoms in total. The Morgan fingerprint density at radius 1 is 1.47 bits per heavy atom. The fourth-order valence-electron chi connectivity index (χ4n) is 2.19. The zero-order valence-electron chi connectivity index (χ0n) is 10.7. The molecule has 1 unspecified atom stereocenters. The fourth-order valence-corrected chi connectivity index (χ4v) is 4.00. The molecule has 0 spiro atoms. The van der Waals surface area contributed by atoms with E-state index in [9.17, 15) is 8.42 Å². The Hall–Kier alpha value is -1.42. The second-order valence-electron chi connectivity index (χ2n) is 4.36. The predicted octanol–water partition coefficient (Wildman–Crippen LogP) is 1.36. The predicted molar refractivity (Wildman–Crippen MR) is 69.9 cm³/mol. The molecule has 1 saturated heterocycles. The molecule has 6 heteroatoms. The first-order valence-corrected chi connectivity index (χ1v) is 7.64. The van der Waals surface area contributed by atoms with E-state index in [1.54, 1.807) is 12.1 Å². The van der Waals surface area contributed by atoms with Crippen molar-refractivity contribution in [2.45, 2.75) is 24.3 Å². The summed E-state index contributed by atoms with van der Waals surface area (Å²) < 4.78 is 32.1. The lowest BCUT2D eigenvalue weighted by molar-refractivity contribution is 0.0314. The minimum Gasteiger partial charge on any atom is -0.378 e. The molecule has 1 aromatic carbocycles. The Bertz CT molecular complexity index is 592. The van der Waals surface area contributed by atoms with Gasteiger partial charge in [-0.3, -0.25) is 0 Å². The lowest BCUT2D eigenvalue weighted by Crippen LogP contribution is -2.48. The number of benzene rings is 1. The summed E-state index contributed by atoms with van der Waals surface area (Å²) in [4.78, 5) is 0.0813. The van der Waals surface area contributed by atoms with E-state index in [1.807, 2.05) is 13.0 Å². The molecule has 0 radical (unpaired) electrons. The summed E-state index contributed by atoms with van der Waals surface area (Å²) >= 11 is 0. The molecule has 19 heavy (non-hydrogen) atoms. The van der Waals surface area contributed by atoms with Gasteiger partial charge in [0, 0.05) is 12.6 Å². The normalized spacial score (nSPS) is 20.9. The highest BCUT2D eigenvalue weighted by molar-refractivity contribution is 7.89. The Balaban J connectivity index is 2.44. The van der Waals surface area contributed by atoms with Gasteiger partial charge in [0.15, 0.2) is 0 Å². The first-order valence-electron chi connectivity index (χ1n) is 6.20. The van der Waals surface area contributed by atoms with E-state index in [1.165, 1.54) is 16.4 Å². The molecule has 1 aliphatic heterocycles. The number of nitrogens with zero attached hydrogens (tertiary/aromatic N) is 2. The summed E-state index contributed by atoms with van der Waals surface area (Å²) in [6.07, 6.45) is 0.688. The Morgan fingerprint density at radius 3 is 2.89 bits per heavy atom. The monoisotopic (exact) mass is 280 g/mol. The van der Waals surface area contributed by atoms with E-state index in [4.69, 9.17) is 10.00 Å². The van der Waals surface area contributed by atoms with E-state index in [0.29, 0.717) is 26.2 Å². The third kappa shape index (κ3) is 2.63. The standard InChI is InChI=1S/C13H16N2O3S/c1-2-12-10-18-8-7-15(12)19(16,17)13-6-4-3-5-11(13)9-14/h3-6,12H,2,7-8,10H2,1H3. The van der Waals surface area contributed by atoms with Crippen molar-refractivity contribution in [2.24, 2.45) is 0 Å². The van der Waals surface area contributed by atoms with Crippen LogP contribution in [0.4, 0.5) is 0 Å². The number of rotatable bonds is 3. The van der Waals surface area contributed by atoms with E-state index in [0.717, 1.165) is 0 Å². The highest BCUT2D eigenvalue weighted by atomic mass is 32.2. The van der Waals surface area contributed by atoms with E-state index >= 15 is 0 Å². The molecule has 1 heterocycles. The number of nitriles is 1. The maximum absolute atomic E-state index is 12.7. The molecular formula is C13H16N2O3S. The quantitative estimate of drug-likeness (QED) is 0.838. The van der Waals surface area contributed by atoms with Crippen molar-refractivity contribution >= 4 is 10.0 Å². The lowest BCUT2D eigenvalue weighted by Gasteiger charge is -2.34. The summed E-state index contributed by atoms with van der Waals surface area (Å²) in [5.74, 6) is 0. The highest BCUT2D eigenvalue weighted by Crippen LogP contribution is 2.24. The zero-order valence-corrected chi connectivity index (χ0v) is 11.6. The largest absolute Gasteiger partial charge is 0.378 e. The van der Waals surface area contributed by atoms with Crippen molar-refractivity contribution in [1.29, 1.82) is 5.26 Å². The van der Waals surface area contributed by atoms with Crippen LogP contribution in [0.1, 0.15) is 18.9 Å². The van der Waals surface area contributed by atoms with Gasteiger partial charge in [-0.05, 0) is 18.6 Å². The fraction of sp³-hybridized carbons (Fsp3) is 0.462. The molecule has 1 atom stereocenters.